The van der Waals surface area contributed by atoms with E-state index in [-0.39, 0.29) is 42.2 Å². The third kappa shape index (κ3) is 3.37. The van der Waals surface area contributed by atoms with E-state index in [1.807, 2.05) is 18.7 Å². The van der Waals surface area contributed by atoms with E-state index in [1.165, 1.54) is 6.92 Å². The van der Waals surface area contributed by atoms with Gasteiger partial charge < -0.3 is 9.47 Å². The second-order valence-electron chi connectivity index (χ2n) is 7.29. The molecule has 5 nitrogen and oxygen atoms in total. The van der Waals surface area contributed by atoms with Crippen molar-refractivity contribution >= 4 is 23.5 Å². The zero-order valence-corrected chi connectivity index (χ0v) is 15.9. The smallest absolute Gasteiger partial charge is 0.302 e. The molecule has 6 heteroatoms. The highest BCUT2D eigenvalue weighted by molar-refractivity contribution is 8.00. The van der Waals surface area contributed by atoms with Gasteiger partial charge in [0, 0.05) is 31.1 Å². The largest absolute Gasteiger partial charge is 0.462 e. The number of Topliss-reactive ketones (excluding diaryl/α,β-unsaturated/α-hetero) is 1. The summed E-state index contributed by atoms with van der Waals surface area (Å²) in [4.78, 5) is 26.9. The van der Waals surface area contributed by atoms with Crippen LogP contribution in [0, 0.1) is 11.8 Å². The van der Waals surface area contributed by atoms with Crippen molar-refractivity contribution in [2.75, 3.05) is 12.3 Å². The van der Waals surface area contributed by atoms with Gasteiger partial charge in [-0.05, 0) is 33.2 Å². The van der Waals surface area contributed by atoms with Crippen LogP contribution in [0.5, 0.6) is 0 Å². The number of fused-ring (bicyclic) bond motifs is 1. The van der Waals surface area contributed by atoms with E-state index >= 15 is 0 Å². The van der Waals surface area contributed by atoms with Gasteiger partial charge in [-0.2, -0.15) is 0 Å². The molecular weight excluding hydrogens is 326 g/mol. The van der Waals surface area contributed by atoms with Gasteiger partial charge in [0.15, 0.2) is 0 Å². The zero-order valence-electron chi connectivity index (χ0n) is 15.1. The van der Waals surface area contributed by atoms with Gasteiger partial charge >= 0.3 is 5.97 Å². The van der Waals surface area contributed by atoms with E-state index in [0.29, 0.717) is 17.6 Å². The third-order valence-corrected chi connectivity index (χ3v) is 7.13. The van der Waals surface area contributed by atoms with E-state index in [2.05, 4.69) is 18.7 Å². The lowest BCUT2D eigenvalue weighted by molar-refractivity contribution is -0.176. The second-order valence-corrected chi connectivity index (χ2v) is 8.64. The van der Waals surface area contributed by atoms with Crippen molar-refractivity contribution in [2.24, 2.45) is 11.8 Å². The average molecular weight is 356 g/mol. The Balaban J connectivity index is 1.71. The average Bonchev–Trinajstić information content (AvgIpc) is 2.87. The van der Waals surface area contributed by atoms with Crippen LogP contribution < -0.4 is 0 Å². The first-order chi connectivity index (χ1) is 11.4. The van der Waals surface area contributed by atoms with Gasteiger partial charge in [0.25, 0.3) is 0 Å². The lowest BCUT2D eigenvalue weighted by atomic mass is 9.72. The summed E-state index contributed by atoms with van der Waals surface area (Å²) in [5.41, 5.74) is 0. The molecular formula is C18H29NO4S. The van der Waals surface area contributed by atoms with E-state index in [1.54, 1.807) is 0 Å². The first-order valence-corrected chi connectivity index (χ1v) is 10.2. The summed E-state index contributed by atoms with van der Waals surface area (Å²) in [6, 6.07) is 0.282. The predicted octanol–water partition coefficient (Wildman–Crippen LogP) is 2.47. The first-order valence-electron chi connectivity index (χ1n) is 9.16. The van der Waals surface area contributed by atoms with Crippen molar-refractivity contribution < 1.29 is 19.1 Å². The Labute approximate surface area is 148 Å². The van der Waals surface area contributed by atoms with Gasteiger partial charge in [-0.3, -0.25) is 14.5 Å². The number of ketones is 1. The topological polar surface area (TPSA) is 55.8 Å². The maximum absolute atomic E-state index is 13.2. The summed E-state index contributed by atoms with van der Waals surface area (Å²) in [5, 5.41) is 0.470. The Morgan fingerprint density at radius 1 is 1.38 bits per heavy atom. The van der Waals surface area contributed by atoms with Crippen LogP contribution >= 0.6 is 11.8 Å². The lowest BCUT2D eigenvalue weighted by Crippen LogP contribution is -2.57. The molecule has 2 aliphatic heterocycles. The van der Waals surface area contributed by atoms with Gasteiger partial charge in [-0.1, -0.05) is 6.92 Å². The summed E-state index contributed by atoms with van der Waals surface area (Å²) in [7, 11) is 0. The van der Waals surface area contributed by atoms with Crippen molar-refractivity contribution in [1.82, 2.24) is 4.90 Å². The van der Waals surface area contributed by atoms with Crippen molar-refractivity contribution in [1.29, 1.82) is 0 Å². The van der Waals surface area contributed by atoms with Crippen molar-refractivity contribution in [3.05, 3.63) is 0 Å². The highest BCUT2D eigenvalue weighted by Crippen LogP contribution is 2.42. The Kier molecular flexibility index (Phi) is 5.57. The molecule has 0 bridgehead atoms. The fourth-order valence-electron chi connectivity index (χ4n) is 4.75. The molecule has 1 aliphatic carbocycles. The fraction of sp³-hybridized carbons (Fsp3) is 0.889. The highest BCUT2D eigenvalue weighted by Gasteiger charge is 2.51. The molecule has 7 unspecified atom stereocenters. The van der Waals surface area contributed by atoms with Crippen LogP contribution in [-0.2, 0) is 19.1 Å². The molecule has 3 fully saturated rings. The minimum atomic E-state index is -0.248. The number of rotatable bonds is 3. The molecule has 0 aromatic carbocycles. The SMILES string of the molecule is CCN1C(C)SCC1C1C(=O)C2CCC(OC(C)=O)CC2OC1C. The van der Waals surface area contributed by atoms with Crippen molar-refractivity contribution in [3.63, 3.8) is 0 Å². The molecule has 2 heterocycles. The van der Waals surface area contributed by atoms with Gasteiger partial charge in [0.2, 0.25) is 0 Å². The predicted molar refractivity (Wildman–Crippen MR) is 93.8 cm³/mol. The van der Waals surface area contributed by atoms with Crippen LogP contribution in [-0.4, -0.2) is 58.7 Å². The number of esters is 1. The van der Waals surface area contributed by atoms with Gasteiger partial charge in [-0.25, -0.2) is 0 Å². The second kappa shape index (κ2) is 7.34. The Morgan fingerprint density at radius 2 is 2.12 bits per heavy atom. The maximum Gasteiger partial charge on any atom is 0.302 e. The van der Waals surface area contributed by atoms with Crippen LogP contribution in [0.4, 0.5) is 0 Å². The Morgan fingerprint density at radius 3 is 2.79 bits per heavy atom. The van der Waals surface area contributed by atoms with E-state index in [4.69, 9.17) is 9.47 Å². The number of hydrogen-bond acceptors (Lipinski definition) is 6. The lowest BCUT2D eigenvalue weighted by Gasteiger charge is -2.46. The van der Waals surface area contributed by atoms with Crippen LogP contribution in [0.25, 0.3) is 0 Å². The number of carbonyl (C=O) groups excluding carboxylic acids is 2. The molecule has 24 heavy (non-hydrogen) atoms. The van der Waals surface area contributed by atoms with Gasteiger partial charge in [0.05, 0.1) is 23.5 Å². The molecule has 0 aromatic heterocycles. The third-order valence-electron chi connectivity index (χ3n) is 5.85. The Bertz CT molecular complexity index is 499. The van der Waals surface area contributed by atoms with Crippen molar-refractivity contribution in [2.45, 2.75) is 76.7 Å². The fourth-order valence-corrected chi connectivity index (χ4v) is 6.12. The molecule has 136 valence electrons. The normalized spacial score (nSPS) is 43.5. The number of ether oxygens (including phenoxy) is 2. The van der Waals surface area contributed by atoms with Crippen LogP contribution in [0.2, 0.25) is 0 Å². The summed E-state index contributed by atoms with van der Waals surface area (Å²) < 4.78 is 11.6. The van der Waals surface area contributed by atoms with Crippen molar-refractivity contribution in [3.8, 4) is 0 Å². The van der Waals surface area contributed by atoms with Gasteiger partial charge in [0.1, 0.15) is 11.9 Å². The quantitative estimate of drug-likeness (QED) is 0.725. The molecule has 3 rings (SSSR count). The molecule has 0 amide bonds. The van der Waals surface area contributed by atoms with Crippen LogP contribution in [0.3, 0.4) is 0 Å². The molecule has 3 aliphatic rings. The molecule has 2 saturated heterocycles. The molecule has 0 aromatic rings. The molecule has 0 N–H and O–H groups in total. The summed E-state index contributed by atoms with van der Waals surface area (Å²) >= 11 is 1.93. The minimum Gasteiger partial charge on any atom is -0.462 e. The summed E-state index contributed by atoms with van der Waals surface area (Å²) in [6.07, 6.45) is 1.93. The number of carbonyl (C=O) groups is 2. The molecule has 1 saturated carbocycles. The standard InChI is InChI=1S/C18H29NO4S/c1-5-19-11(3)24-9-15(19)17-10(2)22-16-8-13(23-12(4)20)6-7-14(16)18(17)21/h10-11,13-17H,5-9H2,1-4H3. The Hall–Kier alpha value is -0.590. The van der Waals surface area contributed by atoms with E-state index < -0.39 is 0 Å². The number of nitrogens with zero attached hydrogens (tertiary/aromatic N) is 1. The molecule has 0 radical (unpaired) electrons. The van der Waals surface area contributed by atoms with E-state index in [0.717, 1.165) is 25.1 Å². The molecule has 7 atom stereocenters. The molecule has 0 spiro atoms. The summed E-state index contributed by atoms with van der Waals surface area (Å²) in [5.74, 6) is 1.07. The minimum absolute atomic E-state index is 0.0300. The van der Waals surface area contributed by atoms with E-state index in [9.17, 15) is 9.59 Å². The monoisotopic (exact) mass is 355 g/mol. The maximum atomic E-state index is 13.2. The first kappa shape index (κ1) is 18.2. The summed E-state index contributed by atoms with van der Waals surface area (Å²) in [6.45, 7) is 8.84. The number of thioether (sulfide) groups is 1. The zero-order chi connectivity index (χ0) is 17.4. The highest BCUT2D eigenvalue weighted by atomic mass is 32.2. The van der Waals surface area contributed by atoms with Gasteiger partial charge in [-0.15, -0.1) is 11.8 Å². The van der Waals surface area contributed by atoms with Crippen LogP contribution in [0.15, 0.2) is 0 Å². The number of hydrogen-bond donors (Lipinski definition) is 0. The van der Waals surface area contributed by atoms with Crippen LogP contribution in [0.1, 0.15) is 47.0 Å².